The standard InChI is InChI=1S/C16H18N4O2S/c1-10-18-12(8-23-10)6-19-4-11-5-20(7-13(11)14(19)21)15(22)16(9-17)2-3-16/h8,11,13H,2-7H2,1H3/t11-,13+/m1/s1. The molecule has 120 valence electrons. The van der Waals surface area contributed by atoms with Crippen LogP contribution < -0.4 is 0 Å². The van der Waals surface area contributed by atoms with E-state index < -0.39 is 5.41 Å². The van der Waals surface area contributed by atoms with Gasteiger partial charge in [0.15, 0.2) is 0 Å². The first-order valence-corrected chi connectivity index (χ1v) is 8.81. The third-order valence-corrected chi connectivity index (χ3v) is 6.03. The Balaban J connectivity index is 1.41. The van der Waals surface area contributed by atoms with Crippen molar-refractivity contribution in [3.8, 4) is 6.07 Å². The zero-order valence-corrected chi connectivity index (χ0v) is 13.8. The van der Waals surface area contributed by atoms with Gasteiger partial charge in [-0.2, -0.15) is 5.26 Å². The Hall–Kier alpha value is -1.94. The summed E-state index contributed by atoms with van der Waals surface area (Å²) >= 11 is 1.59. The third kappa shape index (κ3) is 2.32. The zero-order valence-electron chi connectivity index (χ0n) is 13.0. The fourth-order valence-electron chi connectivity index (χ4n) is 3.73. The summed E-state index contributed by atoms with van der Waals surface area (Å²) in [6.07, 6.45) is 1.33. The highest BCUT2D eigenvalue weighted by molar-refractivity contribution is 7.09. The molecule has 2 amide bonds. The van der Waals surface area contributed by atoms with E-state index in [-0.39, 0.29) is 23.7 Å². The van der Waals surface area contributed by atoms with Crippen LogP contribution in [0, 0.1) is 35.5 Å². The van der Waals surface area contributed by atoms with E-state index >= 15 is 0 Å². The van der Waals surface area contributed by atoms with Gasteiger partial charge < -0.3 is 9.80 Å². The largest absolute Gasteiger partial charge is 0.340 e. The molecule has 1 aromatic rings. The number of aryl methyl sites for hydroxylation is 1. The molecule has 6 nitrogen and oxygen atoms in total. The number of aromatic nitrogens is 1. The molecular formula is C16H18N4O2S. The van der Waals surface area contributed by atoms with E-state index in [2.05, 4.69) is 11.1 Å². The van der Waals surface area contributed by atoms with Crippen molar-refractivity contribution in [2.24, 2.45) is 17.3 Å². The minimum Gasteiger partial charge on any atom is -0.340 e. The minimum atomic E-state index is -0.778. The van der Waals surface area contributed by atoms with Gasteiger partial charge >= 0.3 is 0 Å². The SMILES string of the molecule is Cc1nc(CN2C[C@@H]3CN(C(=O)C4(C#N)CC4)C[C@@H]3C2=O)cs1. The second-order valence-electron chi connectivity index (χ2n) is 6.85. The summed E-state index contributed by atoms with van der Waals surface area (Å²) in [6, 6.07) is 2.16. The summed E-state index contributed by atoms with van der Waals surface area (Å²) in [4.78, 5) is 33.1. The van der Waals surface area contributed by atoms with Gasteiger partial charge in [-0.15, -0.1) is 11.3 Å². The molecule has 2 atom stereocenters. The van der Waals surface area contributed by atoms with Crippen LogP contribution in [0.25, 0.3) is 0 Å². The van der Waals surface area contributed by atoms with E-state index in [1.54, 1.807) is 16.2 Å². The number of amides is 2. The molecule has 23 heavy (non-hydrogen) atoms. The molecule has 3 fully saturated rings. The quantitative estimate of drug-likeness (QED) is 0.833. The van der Waals surface area contributed by atoms with Crippen molar-refractivity contribution in [3.05, 3.63) is 16.1 Å². The highest BCUT2D eigenvalue weighted by Crippen LogP contribution is 2.48. The molecule has 0 radical (unpaired) electrons. The molecule has 0 unspecified atom stereocenters. The topological polar surface area (TPSA) is 77.3 Å². The Morgan fingerprint density at radius 2 is 2.26 bits per heavy atom. The average Bonchev–Trinajstić information content (AvgIpc) is 2.93. The van der Waals surface area contributed by atoms with Gasteiger partial charge in [-0.25, -0.2) is 4.98 Å². The lowest BCUT2D eigenvalue weighted by atomic mass is 10.0. The van der Waals surface area contributed by atoms with Crippen LogP contribution in [0.1, 0.15) is 23.5 Å². The predicted molar refractivity (Wildman–Crippen MR) is 83.1 cm³/mol. The summed E-state index contributed by atoms with van der Waals surface area (Å²) in [5, 5.41) is 12.2. The fourth-order valence-corrected chi connectivity index (χ4v) is 4.33. The first-order valence-electron chi connectivity index (χ1n) is 7.93. The number of likely N-dealkylation sites (tertiary alicyclic amines) is 2. The summed E-state index contributed by atoms with van der Waals surface area (Å²) in [5.74, 6) is 0.149. The van der Waals surface area contributed by atoms with Crippen LogP contribution in [0.2, 0.25) is 0 Å². The summed E-state index contributed by atoms with van der Waals surface area (Å²) in [7, 11) is 0. The monoisotopic (exact) mass is 330 g/mol. The molecule has 1 aliphatic carbocycles. The first kappa shape index (κ1) is 14.6. The number of nitrogens with zero attached hydrogens (tertiary/aromatic N) is 4. The molecule has 2 saturated heterocycles. The summed E-state index contributed by atoms with van der Waals surface area (Å²) in [5.41, 5.74) is 0.162. The average molecular weight is 330 g/mol. The molecule has 0 spiro atoms. The van der Waals surface area contributed by atoms with E-state index in [1.165, 1.54) is 0 Å². The molecule has 1 saturated carbocycles. The van der Waals surface area contributed by atoms with E-state index in [1.807, 2.05) is 17.2 Å². The van der Waals surface area contributed by atoms with Crippen molar-refractivity contribution in [1.29, 1.82) is 5.26 Å². The number of carbonyl (C=O) groups excluding carboxylic acids is 2. The molecule has 3 aliphatic rings. The Bertz CT molecular complexity index is 718. The zero-order chi connectivity index (χ0) is 16.2. The lowest BCUT2D eigenvalue weighted by Crippen LogP contribution is -2.38. The van der Waals surface area contributed by atoms with Crippen molar-refractivity contribution in [1.82, 2.24) is 14.8 Å². The van der Waals surface area contributed by atoms with E-state index in [0.717, 1.165) is 10.7 Å². The first-order chi connectivity index (χ1) is 11.0. The molecule has 3 heterocycles. The van der Waals surface area contributed by atoms with Crippen LogP contribution in [0.15, 0.2) is 5.38 Å². The smallest absolute Gasteiger partial charge is 0.243 e. The summed E-state index contributed by atoms with van der Waals surface area (Å²) in [6.45, 7) is 4.28. The second kappa shape index (κ2) is 5.03. The van der Waals surface area contributed by atoms with E-state index in [9.17, 15) is 14.9 Å². The van der Waals surface area contributed by atoms with Gasteiger partial charge in [-0.05, 0) is 19.8 Å². The van der Waals surface area contributed by atoms with Crippen molar-refractivity contribution in [2.75, 3.05) is 19.6 Å². The number of carbonyl (C=O) groups is 2. The molecular weight excluding hydrogens is 312 g/mol. The normalized spacial score (nSPS) is 27.9. The molecule has 1 aromatic heterocycles. The second-order valence-corrected chi connectivity index (χ2v) is 7.91. The Labute approximate surface area is 138 Å². The van der Waals surface area contributed by atoms with Crippen LogP contribution in [-0.2, 0) is 16.1 Å². The predicted octanol–water partition coefficient (Wildman–Crippen LogP) is 1.17. The minimum absolute atomic E-state index is 0.0659. The van der Waals surface area contributed by atoms with Gasteiger partial charge in [-0.3, -0.25) is 9.59 Å². The third-order valence-electron chi connectivity index (χ3n) is 5.20. The maximum Gasteiger partial charge on any atom is 0.243 e. The Morgan fingerprint density at radius 1 is 1.48 bits per heavy atom. The van der Waals surface area contributed by atoms with Gasteiger partial charge in [-0.1, -0.05) is 0 Å². The maximum atomic E-state index is 12.6. The lowest BCUT2D eigenvalue weighted by Gasteiger charge is -2.22. The molecule has 0 aromatic carbocycles. The molecule has 4 rings (SSSR count). The van der Waals surface area contributed by atoms with E-state index in [0.29, 0.717) is 39.0 Å². The van der Waals surface area contributed by atoms with Gasteiger partial charge in [0.2, 0.25) is 11.8 Å². The van der Waals surface area contributed by atoms with Gasteiger partial charge in [0.05, 0.1) is 29.2 Å². The van der Waals surface area contributed by atoms with Crippen LogP contribution in [0.4, 0.5) is 0 Å². The molecule has 2 aliphatic heterocycles. The van der Waals surface area contributed by atoms with Crippen molar-refractivity contribution in [2.45, 2.75) is 26.3 Å². The molecule has 0 N–H and O–H groups in total. The van der Waals surface area contributed by atoms with Gasteiger partial charge in [0.25, 0.3) is 0 Å². The lowest BCUT2D eigenvalue weighted by molar-refractivity contribution is -0.135. The van der Waals surface area contributed by atoms with E-state index in [4.69, 9.17) is 0 Å². The van der Waals surface area contributed by atoms with Gasteiger partial charge in [0, 0.05) is 30.9 Å². The molecule has 7 heteroatoms. The number of rotatable bonds is 3. The van der Waals surface area contributed by atoms with Gasteiger partial charge in [0.1, 0.15) is 5.41 Å². The Morgan fingerprint density at radius 3 is 2.83 bits per heavy atom. The van der Waals surface area contributed by atoms with Crippen molar-refractivity contribution in [3.63, 3.8) is 0 Å². The number of fused-ring (bicyclic) bond motifs is 1. The fraction of sp³-hybridized carbons (Fsp3) is 0.625. The Kier molecular flexibility index (Phi) is 3.20. The molecule has 0 bridgehead atoms. The van der Waals surface area contributed by atoms with Crippen molar-refractivity contribution < 1.29 is 9.59 Å². The van der Waals surface area contributed by atoms with Crippen LogP contribution >= 0.6 is 11.3 Å². The maximum absolute atomic E-state index is 12.6. The number of thiazole rings is 1. The highest BCUT2D eigenvalue weighted by Gasteiger charge is 2.56. The number of hydrogen-bond donors (Lipinski definition) is 0. The van der Waals surface area contributed by atoms with Crippen LogP contribution in [-0.4, -0.2) is 46.2 Å². The van der Waals surface area contributed by atoms with Crippen molar-refractivity contribution >= 4 is 23.2 Å². The van der Waals surface area contributed by atoms with Crippen LogP contribution in [0.3, 0.4) is 0 Å². The highest BCUT2D eigenvalue weighted by atomic mass is 32.1. The summed E-state index contributed by atoms with van der Waals surface area (Å²) < 4.78 is 0. The number of hydrogen-bond acceptors (Lipinski definition) is 5. The van der Waals surface area contributed by atoms with Crippen LogP contribution in [0.5, 0.6) is 0 Å². The number of nitriles is 1.